The molecule has 1 aliphatic carbocycles. The van der Waals surface area contributed by atoms with Crippen LogP contribution in [0.3, 0.4) is 0 Å². The summed E-state index contributed by atoms with van der Waals surface area (Å²) in [5, 5.41) is 7.46. The summed E-state index contributed by atoms with van der Waals surface area (Å²) in [5.41, 5.74) is 5.87. The summed E-state index contributed by atoms with van der Waals surface area (Å²) in [6.07, 6.45) is 6.66. The standard InChI is InChI=1S/C34H32BrClN4O/c35-28-18-19-40-31(20-30(39-33(28)40)27-12-6-7-13-29(27)36)37-21-23-14-16-24(17-15-23)22-38-34(41)32(26-10-4-5-11-26)25-8-2-1-3-9-25/h1-3,6-9,12-20,26,32,37H,4-5,10-11,21-22H2,(H,38,41). The SMILES string of the molecule is O=C(NCc1ccc(CNc2cc(-c3ccccc3Cl)nc3c(Br)ccn23)cc1)C(c1ccccc1)C1CCCC1. The second-order valence-electron chi connectivity index (χ2n) is 10.7. The van der Waals surface area contributed by atoms with E-state index >= 15 is 0 Å². The molecule has 0 spiro atoms. The van der Waals surface area contributed by atoms with Crippen molar-refractivity contribution in [1.82, 2.24) is 14.7 Å². The lowest BCUT2D eigenvalue weighted by atomic mass is 9.84. The summed E-state index contributed by atoms with van der Waals surface area (Å²) in [4.78, 5) is 18.2. The Morgan fingerprint density at radius 1 is 0.927 bits per heavy atom. The van der Waals surface area contributed by atoms with Crippen molar-refractivity contribution in [1.29, 1.82) is 0 Å². The molecular formula is C34H32BrClN4O. The third-order valence-corrected chi connectivity index (χ3v) is 8.95. The summed E-state index contributed by atoms with van der Waals surface area (Å²) in [7, 11) is 0. The lowest BCUT2D eigenvalue weighted by molar-refractivity contribution is -0.123. The molecule has 7 heteroatoms. The molecule has 2 aromatic heterocycles. The van der Waals surface area contributed by atoms with Crippen LogP contribution in [-0.2, 0) is 17.9 Å². The summed E-state index contributed by atoms with van der Waals surface area (Å²) >= 11 is 10.1. The Morgan fingerprint density at radius 3 is 2.34 bits per heavy atom. The number of hydrogen-bond acceptors (Lipinski definition) is 3. The monoisotopic (exact) mass is 626 g/mol. The molecule has 1 saturated carbocycles. The van der Waals surface area contributed by atoms with Crippen LogP contribution in [0.5, 0.6) is 0 Å². The molecule has 1 amide bonds. The minimum absolute atomic E-state index is 0.0799. The topological polar surface area (TPSA) is 58.4 Å². The molecule has 3 aromatic carbocycles. The smallest absolute Gasteiger partial charge is 0.228 e. The van der Waals surface area contributed by atoms with E-state index in [9.17, 15) is 4.79 Å². The molecule has 6 rings (SSSR count). The van der Waals surface area contributed by atoms with Crippen LogP contribution < -0.4 is 10.6 Å². The summed E-state index contributed by atoms with van der Waals surface area (Å²) in [6.45, 7) is 1.16. The summed E-state index contributed by atoms with van der Waals surface area (Å²) < 4.78 is 2.95. The molecule has 1 aliphatic rings. The molecule has 0 bridgehead atoms. The number of carbonyl (C=O) groups excluding carboxylic acids is 1. The van der Waals surface area contributed by atoms with Gasteiger partial charge in [0.2, 0.25) is 5.91 Å². The van der Waals surface area contributed by atoms with Gasteiger partial charge in [-0.05, 0) is 63.5 Å². The van der Waals surface area contributed by atoms with Crippen molar-refractivity contribution in [3.8, 4) is 11.3 Å². The van der Waals surface area contributed by atoms with E-state index in [1.54, 1.807) is 0 Å². The Bertz CT molecular complexity index is 1650. The number of fused-ring (bicyclic) bond motifs is 1. The molecule has 41 heavy (non-hydrogen) atoms. The number of nitrogens with one attached hydrogen (secondary N) is 2. The van der Waals surface area contributed by atoms with E-state index in [1.165, 1.54) is 12.8 Å². The number of rotatable bonds is 9. The fourth-order valence-corrected chi connectivity index (χ4v) is 6.48. The molecule has 1 fully saturated rings. The Labute approximate surface area is 254 Å². The highest BCUT2D eigenvalue weighted by Crippen LogP contribution is 2.37. The maximum Gasteiger partial charge on any atom is 0.228 e. The van der Waals surface area contributed by atoms with Crippen molar-refractivity contribution in [3.05, 3.63) is 123 Å². The first kappa shape index (κ1) is 27.6. The molecule has 0 aliphatic heterocycles. The van der Waals surface area contributed by atoms with Gasteiger partial charge in [0.15, 0.2) is 5.65 Å². The Balaban J connectivity index is 1.13. The maximum absolute atomic E-state index is 13.4. The van der Waals surface area contributed by atoms with Crippen molar-refractivity contribution in [2.75, 3.05) is 5.32 Å². The van der Waals surface area contributed by atoms with Crippen LogP contribution in [0.15, 0.2) is 102 Å². The van der Waals surface area contributed by atoms with Gasteiger partial charge in [0.1, 0.15) is 5.82 Å². The highest BCUT2D eigenvalue weighted by atomic mass is 79.9. The van der Waals surface area contributed by atoms with Gasteiger partial charge in [-0.3, -0.25) is 9.20 Å². The Hall–Kier alpha value is -3.61. The fourth-order valence-electron chi connectivity index (χ4n) is 5.85. The summed E-state index contributed by atoms with van der Waals surface area (Å²) in [6, 6.07) is 30.4. The first-order valence-corrected chi connectivity index (χ1v) is 15.3. The van der Waals surface area contributed by atoms with Crippen LogP contribution >= 0.6 is 27.5 Å². The average Bonchev–Trinajstić information content (AvgIpc) is 3.67. The molecule has 1 unspecified atom stereocenters. The first-order chi connectivity index (χ1) is 20.1. The normalized spacial score (nSPS) is 14.3. The predicted molar refractivity (Wildman–Crippen MR) is 170 cm³/mol. The van der Waals surface area contributed by atoms with E-state index in [-0.39, 0.29) is 11.8 Å². The van der Waals surface area contributed by atoms with Gasteiger partial charge in [-0.1, -0.05) is 97.2 Å². The predicted octanol–water partition coefficient (Wildman–Crippen LogP) is 8.62. The number of amides is 1. The van der Waals surface area contributed by atoms with Gasteiger partial charge in [-0.25, -0.2) is 4.98 Å². The van der Waals surface area contributed by atoms with Gasteiger partial charge in [0, 0.05) is 35.9 Å². The third-order valence-electron chi connectivity index (χ3n) is 8.00. The van der Waals surface area contributed by atoms with E-state index in [1.807, 2.05) is 65.2 Å². The number of nitrogens with zero attached hydrogens (tertiary/aromatic N) is 2. The minimum Gasteiger partial charge on any atom is -0.367 e. The van der Waals surface area contributed by atoms with E-state index in [0.29, 0.717) is 24.0 Å². The van der Waals surface area contributed by atoms with Crippen LogP contribution in [0.2, 0.25) is 5.02 Å². The average molecular weight is 628 g/mol. The van der Waals surface area contributed by atoms with E-state index in [0.717, 1.165) is 56.7 Å². The van der Waals surface area contributed by atoms with Gasteiger partial charge in [0.25, 0.3) is 0 Å². The number of anilines is 1. The van der Waals surface area contributed by atoms with E-state index in [2.05, 4.69) is 63.0 Å². The highest BCUT2D eigenvalue weighted by molar-refractivity contribution is 9.10. The Kier molecular flexibility index (Phi) is 8.40. The quantitative estimate of drug-likeness (QED) is 0.172. The third kappa shape index (κ3) is 6.19. The minimum atomic E-state index is -0.0799. The lowest BCUT2D eigenvalue weighted by Crippen LogP contribution is -2.32. The van der Waals surface area contributed by atoms with Gasteiger partial charge in [0.05, 0.1) is 16.1 Å². The molecule has 0 radical (unpaired) electrons. The van der Waals surface area contributed by atoms with Crippen molar-refractivity contribution in [2.24, 2.45) is 5.92 Å². The highest BCUT2D eigenvalue weighted by Gasteiger charge is 2.31. The molecule has 1 atom stereocenters. The van der Waals surface area contributed by atoms with Gasteiger partial charge < -0.3 is 10.6 Å². The van der Waals surface area contributed by atoms with Crippen molar-refractivity contribution >= 4 is 44.9 Å². The fraction of sp³-hybridized carbons (Fsp3) is 0.235. The van der Waals surface area contributed by atoms with Crippen molar-refractivity contribution < 1.29 is 4.79 Å². The second-order valence-corrected chi connectivity index (χ2v) is 11.9. The molecule has 5 nitrogen and oxygen atoms in total. The van der Waals surface area contributed by atoms with Crippen LogP contribution in [-0.4, -0.2) is 15.3 Å². The molecule has 5 aromatic rings. The molecular weight excluding hydrogens is 596 g/mol. The van der Waals surface area contributed by atoms with Crippen LogP contribution in [0.4, 0.5) is 5.82 Å². The molecule has 2 N–H and O–H groups in total. The zero-order chi connectivity index (χ0) is 28.2. The molecule has 208 valence electrons. The zero-order valence-corrected chi connectivity index (χ0v) is 25.0. The molecule has 2 heterocycles. The van der Waals surface area contributed by atoms with E-state index < -0.39 is 0 Å². The van der Waals surface area contributed by atoms with Crippen LogP contribution in [0, 0.1) is 5.92 Å². The maximum atomic E-state index is 13.4. The number of benzene rings is 3. The number of hydrogen-bond donors (Lipinski definition) is 2. The largest absolute Gasteiger partial charge is 0.367 e. The summed E-state index contributed by atoms with van der Waals surface area (Å²) in [5.74, 6) is 1.39. The number of carbonyl (C=O) groups is 1. The van der Waals surface area contributed by atoms with E-state index in [4.69, 9.17) is 16.6 Å². The molecule has 0 saturated heterocycles. The van der Waals surface area contributed by atoms with Gasteiger partial charge in [-0.2, -0.15) is 0 Å². The zero-order valence-electron chi connectivity index (χ0n) is 22.7. The van der Waals surface area contributed by atoms with Crippen molar-refractivity contribution in [3.63, 3.8) is 0 Å². The lowest BCUT2D eigenvalue weighted by Gasteiger charge is -2.23. The number of aromatic nitrogens is 2. The Morgan fingerprint density at radius 2 is 1.61 bits per heavy atom. The van der Waals surface area contributed by atoms with Gasteiger partial charge >= 0.3 is 0 Å². The van der Waals surface area contributed by atoms with Gasteiger partial charge in [-0.15, -0.1) is 0 Å². The second kappa shape index (κ2) is 12.5. The van der Waals surface area contributed by atoms with Crippen molar-refractivity contribution in [2.45, 2.75) is 44.7 Å². The van der Waals surface area contributed by atoms with Crippen LogP contribution in [0.25, 0.3) is 16.9 Å². The first-order valence-electron chi connectivity index (χ1n) is 14.1. The van der Waals surface area contributed by atoms with Crippen LogP contribution in [0.1, 0.15) is 48.3 Å². The number of halogens is 2.